The van der Waals surface area contributed by atoms with Crippen molar-refractivity contribution in [2.24, 2.45) is 4.99 Å². The van der Waals surface area contributed by atoms with Crippen LogP contribution in [0.15, 0.2) is 29.3 Å². The fraction of sp³-hybridized carbons (Fsp3) is 0. The van der Waals surface area contributed by atoms with E-state index in [-0.39, 0.29) is 0 Å². The Morgan fingerprint density at radius 1 is 1.36 bits per heavy atom. The fourth-order valence-corrected chi connectivity index (χ4v) is 0.677. The Labute approximate surface area is 65.2 Å². The molecular formula is C7H7BN2O. The molecule has 0 atom stereocenters. The summed E-state index contributed by atoms with van der Waals surface area (Å²) < 4.78 is 9.87. The van der Waals surface area contributed by atoms with E-state index in [2.05, 4.69) is 4.99 Å². The Morgan fingerprint density at radius 3 is 2.55 bits per heavy atom. The van der Waals surface area contributed by atoms with Crippen LogP contribution in [-0.2, 0) is 4.70 Å². The Kier molecular flexibility index (Phi) is 2.55. The number of nitrogens with two attached hydrogens (primary N) is 1. The molecule has 0 saturated carbocycles. The molecule has 11 heavy (non-hydrogen) atoms. The van der Waals surface area contributed by atoms with Crippen molar-refractivity contribution < 1.29 is 4.70 Å². The van der Waals surface area contributed by atoms with Gasteiger partial charge in [0.2, 0.25) is 0 Å². The van der Waals surface area contributed by atoms with Gasteiger partial charge in [-0.1, -0.05) is 0 Å². The van der Waals surface area contributed by atoms with Gasteiger partial charge < -0.3 is 0 Å². The molecule has 0 unspecified atom stereocenters. The molecule has 0 heterocycles. The topological polar surface area (TPSA) is 55.4 Å². The molecule has 0 aromatic heterocycles. The first-order chi connectivity index (χ1) is 5.33. The molecule has 0 aliphatic rings. The second kappa shape index (κ2) is 3.66. The van der Waals surface area contributed by atoms with Crippen LogP contribution in [0.3, 0.4) is 0 Å². The predicted molar refractivity (Wildman–Crippen MR) is 45.4 cm³/mol. The van der Waals surface area contributed by atoms with Crippen LogP contribution in [-0.4, -0.2) is 13.3 Å². The molecule has 0 aliphatic carbocycles. The summed E-state index contributed by atoms with van der Waals surface area (Å²) in [6.07, 6.45) is 1.20. The van der Waals surface area contributed by atoms with Crippen molar-refractivity contribution in [3.05, 3.63) is 24.3 Å². The number of aliphatic imine (C=N–C) groups is 1. The third-order valence-corrected chi connectivity index (χ3v) is 1.18. The van der Waals surface area contributed by atoms with Crippen molar-refractivity contribution in [1.29, 1.82) is 0 Å². The van der Waals surface area contributed by atoms with E-state index in [0.717, 1.165) is 5.69 Å². The molecule has 0 bridgehead atoms. The molecule has 1 aromatic rings. The maximum atomic E-state index is 9.87. The SMILES string of the molecule is Nc1ccc(N=CB=O)cc1. The number of nitrogens with zero attached hydrogens (tertiary/aromatic N) is 1. The van der Waals surface area contributed by atoms with E-state index < -0.39 is 0 Å². The number of nitrogen functional groups attached to an aromatic ring is 1. The van der Waals surface area contributed by atoms with E-state index >= 15 is 0 Å². The molecule has 0 radical (unpaired) electrons. The number of rotatable bonds is 2. The van der Waals surface area contributed by atoms with Gasteiger partial charge >= 0.3 is 64.3 Å². The molecule has 0 aliphatic heterocycles. The normalized spacial score (nSPS) is 9.82. The zero-order valence-corrected chi connectivity index (χ0v) is 5.90. The van der Waals surface area contributed by atoms with Crippen LogP contribution >= 0.6 is 0 Å². The minimum atomic E-state index is 0.635. The summed E-state index contributed by atoms with van der Waals surface area (Å²) in [4.78, 5) is 3.82. The van der Waals surface area contributed by atoms with Gasteiger partial charge in [-0.2, -0.15) is 0 Å². The zero-order chi connectivity index (χ0) is 8.10. The van der Waals surface area contributed by atoms with Crippen molar-refractivity contribution in [3.8, 4) is 0 Å². The zero-order valence-electron chi connectivity index (χ0n) is 5.90. The van der Waals surface area contributed by atoms with Crippen LogP contribution in [0.1, 0.15) is 0 Å². The standard InChI is InChI=1S/C7H7BN2O/c9-6-1-3-7(4-2-6)10-5-8-11/h1-5H,9H2. The summed E-state index contributed by atoms with van der Waals surface area (Å²) in [5.74, 6) is 0. The molecule has 1 rings (SSSR count). The Morgan fingerprint density at radius 2 is 2.00 bits per heavy atom. The minimum absolute atomic E-state index is 0.635. The van der Waals surface area contributed by atoms with E-state index in [0.29, 0.717) is 12.8 Å². The second-order valence-electron chi connectivity index (χ2n) is 2.01. The third kappa shape index (κ3) is 2.33. The van der Waals surface area contributed by atoms with Gasteiger partial charge in [-0.3, -0.25) is 0 Å². The monoisotopic (exact) mass is 146 g/mol. The van der Waals surface area contributed by atoms with Gasteiger partial charge in [-0.15, -0.1) is 0 Å². The predicted octanol–water partition coefficient (Wildman–Crippen LogP) is 0.978. The van der Waals surface area contributed by atoms with Crippen molar-refractivity contribution in [3.63, 3.8) is 0 Å². The van der Waals surface area contributed by atoms with Crippen LogP contribution in [0.2, 0.25) is 0 Å². The molecule has 0 saturated heterocycles. The number of benzene rings is 1. The summed E-state index contributed by atoms with van der Waals surface area (Å²) in [5.41, 5.74) is 6.85. The first-order valence-electron chi connectivity index (χ1n) is 3.16. The Bertz CT molecular complexity index is 268. The molecule has 0 amide bonds. The van der Waals surface area contributed by atoms with Crippen molar-refractivity contribution in [2.45, 2.75) is 0 Å². The van der Waals surface area contributed by atoms with Gasteiger partial charge in [0.05, 0.1) is 0 Å². The quantitative estimate of drug-likeness (QED) is 0.384. The molecule has 2 N–H and O–H groups in total. The summed E-state index contributed by atoms with van der Waals surface area (Å²) in [7, 11) is 0.635. The third-order valence-electron chi connectivity index (χ3n) is 1.18. The van der Waals surface area contributed by atoms with Crippen LogP contribution < -0.4 is 5.73 Å². The molecule has 3 nitrogen and oxygen atoms in total. The van der Waals surface area contributed by atoms with Gasteiger partial charge in [0.25, 0.3) is 0 Å². The first-order valence-corrected chi connectivity index (χ1v) is 3.16. The van der Waals surface area contributed by atoms with Gasteiger partial charge in [-0.05, 0) is 0 Å². The average Bonchev–Trinajstić information content (AvgIpc) is 2.04. The van der Waals surface area contributed by atoms with Crippen LogP contribution in [0, 0.1) is 0 Å². The van der Waals surface area contributed by atoms with Gasteiger partial charge in [0, 0.05) is 0 Å². The molecular weight excluding hydrogens is 139 g/mol. The van der Waals surface area contributed by atoms with Crippen LogP contribution in [0.4, 0.5) is 11.4 Å². The average molecular weight is 146 g/mol. The van der Waals surface area contributed by atoms with Gasteiger partial charge in [-0.25, -0.2) is 0 Å². The molecule has 0 fully saturated rings. The van der Waals surface area contributed by atoms with E-state index in [4.69, 9.17) is 5.73 Å². The van der Waals surface area contributed by atoms with Gasteiger partial charge in [0.1, 0.15) is 0 Å². The summed E-state index contributed by atoms with van der Waals surface area (Å²) in [5, 5.41) is 0. The molecule has 54 valence electrons. The maximum absolute atomic E-state index is 9.87. The Balaban J connectivity index is 2.81. The van der Waals surface area contributed by atoms with Crippen LogP contribution in [0.5, 0.6) is 0 Å². The second-order valence-corrected chi connectivity index (χ2v) is 2.01. The van der Waals surface area contributed by atoms with Gasteiger partial charge in [0.15, 0.2) is 0 Å². The number of hydrogen-bond acceptors (Lipinski definition) is 3. The van der Waals surface area contributed by atoms with E-state index in [1.54, 1.807) is 24.3 Å². The number of hydrogen-bond donors (Lipinski definition) is 1. The van der Waals surface area contributed by atoms with Crippen LogP contribution in [0.25, 0.3) is 0 Å². The van der Waals surface area contributed by atoms with E-state index in [1.807, 2.05) is 0 Å². The van der Waals surface area contributed by atoms with Crippen molar-refractivity contribution in [1.82, 2.24) is 0 Å². The molecule has 0 spiro atoms. The summed E-state index contributed by atoms with van der Waals surface area (Å²) >= 11 is 0. The first kappa shape index (κ1) is 7.66. The van der Waals surface area contributed by atoms with Crippen molar-refractivity contribution >= 4 is 24.6 Å². The van der Waals surface area contributed by atoms with E-state index in [1.165, 1.54) is 6.11 Å². The molecule has 4 heteroatoms. The van der Waals surface area contributed by atoms with Crippen molar-refractivity contribution in [2.75, 3.05) is 5.73 Å². The Hall–Kier alpha value is -1.45. The number of anilines is 1. The molecule has 1 aromatic carbocycles. The fourth-order valence-electron chi connectivity index (χ4n) is 0.677. The summed E-state index contributed by atoms with van der Waals surface area (Å²) in [6.45, 7) is 0. The van der Waals surface area contributed by atoms with E-state index in [9.17, 15) is 4.70 Å². The summed E-state index contributed by atoms with van der Waals surface area (Å²) in [6, 6.07) is 6.96.